The molecule has 0 aliphatic carbocycles. The van der Waals surface area contributed by atoms with Crippen LogP contribution >= 0.6 is 0 Å². The molecule has 0 saturated heterocycles. The zero-order valence-corrected chi connectivity index (χ0v) is 14.9. The molecule has 3 rings (SSSR count). The molecule has 1 aliphatic heterocycles. The number of hydrazine groups is 2. The molecule has 0 radical (unpaired) electrons. The van der Waals surface area contributed by atoms with Gasteiger partial charge in [-0.25, -0.2) is 5.12 Å². The molecule has 0 aromatic heterocycles. The number of hydrazone groups is 1. The van der Waals surface area contributed by atoms with Gasteiger partial charge in [-0.15, -0.1) is 10.6 Å². The molecule has 0 unspecified atom stereocenters. The first-order valence-corrected chi connectivity index (χ1v) is 8.78. The molecule has 132 valence electrons. The fourth-order valence-corrected chi connectivity index (χ4v) is 2.89. The molecule has 1 atom stereocenters. The minimum Gasteiger partial charge on any atom is -0.376 e. The first-order chi connectivity index (χ1) is 12.3. The quantitative estimate of drug-likeness (QED) is 0.801. The van der Waals surface area contributed by atoms with Crippen LogP contribution in [0.5, 0.6) is 0 Å². The highest BCUT2D eigenvalue weighted by molar-refractivity contribution is 5.84. The Morgan fingerprint density at radius 1 is 1.00 bits per heavy atom. The molecule has 0 bridgehead atoms. The van der Waals surface area contributed by atoms with Crippen molar-refractivity contribution in [2.45, 2.75) is 26.5 Å². The fraction of sp³-hybridized carbons (Fsp3) is 0.350. The van der Waals surface area contributed by atoms with Crippen molar-refractivity contribution in [3.05, 3.63) is 71.8 Å². The zero-order chi connectivity index (χ0) is 17.5. The van der Waals surface area contributed by atoms with Gasteiger partial charge in [0.05, 0.1) is 19.8 Å². The van der Waals surface area contributed by atoms with Crippen LogP contribution in [-0.2, 0) is 17.9 Å². The van der Waals surface area contributed by atoms with E-state index in [1.807, 2.05) is 53.6 Å². The first-order valence-electron chi connectivity index (χ1n) is 8.78. The minimum absolute atomic E-state index is 0.266. The molecule has 0 fully saturated rings. The third-order valence-corrected chi connectivity index (χ3v) is 4.30. The third kappa shape index (κ3) is 4.81. The summed E-state index contributed by atoms with van der Waals surface area (Å²) in [5.41, 5.74) is 5.70. The van der Waals surface area contributed by atoms with E-state index in [1.54, 1.807) is 0 Å². The van der Waals surface area contributed by atoms with Crippen LogP contribution in [0.3, 0.4) is 0 Å². The Kier molecular flexibility index (Phi) is 6.04. The van der Waals surface area contributed by atoms with Crippen molar-refractivity contribution < 1.29 is 4.74 Å². The van der Waals surface area contributed by atoms with E-state index in [4.69, 9.17) is 9.84 Å². The molecule has 2 aromatic carbocycles. The van der Waals surface area contributed by atoms with Crippen LogP contribution in [0.15, 0.2) is 65.8 Å². The molecular formula is C20H26N4O. The molecule has 0 saturated carbocycles. The van der Waals surface area contributed by atoms with Gasteiger partial charge >= 0.3 is 0 Å². The zero-order valence-electron chi connectivity index (χ0n) is 14.9. The lowest BCUT2D eigenvalue weighted by Gasteiger charge is -2.21. The van der Waals surface area contributed by atoms with Crippen LogP contribution in [0.2, 0.25) is 0 Å². The Bertz CT molecular complexity index is 675. The SMILES string of the molecule is CC[C@H](COCc1ccccc1)C1=NN(Cc2ccccc2)NN1C. The summed E-state index contributed by atoms with van der Waals surface area (Å²) in [6.45, 7) is 4.20. The standard InChI is InChI=1S/C20H26N4O/c1-3-19(16-25-15-18-12-8-5-9-13-18)20-21-24(22-23(20)2)14-17-10-6-4-7-11-17/h4-13,19,22H,3,14-16H2,1-2H3/t19-/m1/s1. The predicted octanol–water partition coefficient (Wildman–Crippen LogP) is 3.41. The second-order valence-corrected chi connectivity index (χ2v) is 6.27. The summed E-state index contributed by atoms with van der Waals surface area (Å²) in [5, 5.41) is 8.61. The smallest absolute Gasteiger partial charge is 0.147 e. The number of nitrogens with one attached hydrogen (secondary N) is 1. The molecule has 2 aromatic rings. The number of ether oxygens (including phenoxy) is 1. The second kappa shape index (κ2) is 8.65. The highest BCUT2D eigenvalue weighted by atomic mass is 16.5. The average molecular weight is 338 g/mol. The van der Waals surface area contributed by atoms with Gasteiger partial charge in [0.25, 0.3) is 0 Å². The number of benzene rings is 2. The molecule has 5 nitrogen and oxygen atoms in total. The van der Waals surface area contributed by atoms with Crippen molar-refractivity contribution in [3.63, 3.8) is 0 Å². The van der Waals surface area contributed by atoms with E-state index >= 15 is 0 Å². The minimum atomic E-state index is 0.266. The van der Waals surface area contributed by atoms with E-state index in [0.29, 0.717) is 13.2 Å². The average Bonchev–Trinajstić information content (AvgIpc) is 3.00. The Labute approximate surface area is 149 Å². The van der Waals surface area contributed by atoms with Gasteiger partial charge < -0.3 is 4.74 Å². The maximum absolute atomic E-state index is 5.93. The fourth-order valence-electron chi connectivity index (χ4n) is 2.89. The Morgan fingerprint density at radius 3 is 2.28 bits per heavy atom. The number of nitrogens with zero attached hydrogens (tertiary/aromatic N) is 3. The molecule has 1 aliphatic rings. The Hall–Kier alpha value is -2.37. The summed E-state index contributed by atoms with van der Waals surface area (Å²) >= 11 is 0. The second-order valence-electron chi connectivity index (χ2n) is 6.27. The van der Waals surface area contributed by atoms with Crippen LogP contribution in [0, 0.1) is 5.92 Å². The highest BCUT2D eigenvalue weighted by Gasteiger charge is 2.26. The van der Waals surface area contributed by atoms with Gasteiger partial charge in [-0.3, -0.25) is 5.01 Å². The summed E-state index contributed by atoms with van der Waals surface area (Å²) in [4.78, 5) is 0. The number of hydrogen-bond acceptors (Lipinski definition) is 5. The number of hydrogen-bond donors (Lipinski definition) is 1. The van der Waals surface area contributed by atoms with Crippen molar-refractivity contribution in [1.82, 2.24) is 15.7 Å². The first kappa shape index (κ1) is 17.5. The van der Waals surface area contributed by atoms with Crippen molar-refractivity contribution in [2.75, 3.05) is 13.7 Å². The van der Waals surface area contributed by atoms with Gasteiger partial charge in [-0.1, -0.05) is 67.6 Å². The molecular weight excluding hydrogens is 312 g/mol. The van der Waals surface area contributed by atoms with Crippen molar-refractivity contribution in [2.24, 2.45) is 11.0 Å². The summed E-state index contributed by atoms with van der Waals surface area (Å²) in [6.07, 6.45) is 0.985. The summed E-state index contributed by atoms with van der Waals surface area (Å²) in [5.74, 6) is 1.29. The van der Waals surface area contributed by atoms with Gasteiger partial charge in [0, 0.05) is 13.0 Å². The van der Waals surface area contributed by atoms with Gasteiger partial charge in [0.1, 0.15) is 5.84 Å². The number of amidine groups is 1. The molecule has 1 heterocycles. The lowest BCUT2D eigenvalue weighted by Crippen LogP contribution is -2.42. The summed E-state index contributed by atoms with van der Waals surface area (Å²) in [7, 11) is 2.00. The third-order valence-electron chi connectivity index (χ3n) is 4.30. The van der Waals surface area contributed by atoms with E-state index in [1.165, 1.54) is 11.1 Å². The molecule has 25 heavy (non-hydrogen) atoms. The predicted molar refractivity (Wildman–Crippen MR) is 100 cm³/mol. The monoisotopic (exact) mass is 338 g/mol. The Morgan fingerprint density at radius 2 is 1.64 bits per heavy atom. The van der Waals surface area contributed by atoms with Gasteiger partial charge in [-0.05, 0) is 17.5 Å². The van der Waals surface area contributed by atoms with Crippen LogP contribution < -0.4 is 5.53 Å². The highest BCUT2D eigenvalue weighted by Crippen LogP contribution is 2.16. The van der Waals surface area contributed by atoms with Crippen molar-refractivity contribution >= 4 is 5.84 Å². The molecule has 1 N–H and O–H groups in total. The van der Waals surface area contributed by atoms with Gasteiger partial charge in [0.15, 0.2) is 0 Å². The topological polar surface area (TPSA) is 40.1 Å². The lowest BCUT2D eigenvalue weighted by molar-refractivity contribution is 0.0961. The maximum atomic E-state index is 5.93. The van der Waals surface area contributed by atoms with Gasteiger partial charge in [-0.2, -0.15) is 0 Å². The normalized spacial score (nSPS) is 15.4. The number of rotatable bonds is 8. The lowest BCUT2D eigenvalue weighted by atomic mass is 10.1. The van der Waals surface area contributed by atoms with Crippen molar-refractivity contribution in [1.29, 1.82) is 0 Å². The Balaban J connectivity index is 1.56. The van der Waals surface area contributed by atoms with E-state index in [9.17, 15) is 0 Å². The molecule has 0 amide bonds. The summed E-state index contributed by atoms with van der Waals surface area (Å²) in [6, 6.07) is 20.6. The van der Waals surface area contributed by atoms with Crippen LogP contribution in [-0.4, -0.2) is 29.6 Å². The van der Waals surface area contributed by atoms with E-state index in [2.05, 4.69) is 36.7 Å². The van der Waals surface area contributed by atoms with Crippen LogP contribution in [0.4, 0.5) is 0 Å². The summed E-state index contributed by atoms with van der Waals surface area (Å²) < 4.78 is 5.93. The van der Waals surface area contributed by atoms with Crippen molar-refractivity contribution in [3.8, 4) is 0 Å². The van der Waals surface area contributed by atoms with Crippen LogP contribution in [0.1, 0.15) is 24.5 Å². The van der Waals surface area contributed by atoms with Crippen LogP contribution in [0.25, 0.3) is 0 Å². The van der Waals surface area contributed by atoms with E-state index < -0.39 is 0 Å². The molecule has 5 heteroatoms. The molecule has 0 spiro atoms. The van der Waals surface area contributed by atoms with Gasteiger partial charge in [0.2, 0.25) is 0 Å². The van der Waals surface area contributed by atoms with E-state index in [-0.39, 0.29) is 5.92 Å². The van der Waals surface area contributed by atoms with E-state index in [0.717, 1.165) is 18.8 Å². The largest absolute Gasteiger partial charge is 0.376 e. The maximum Gasteiger partial charge on any atom is 0.147 e.